The second kappa shape index (κ2) is 6.50. The first-order valence-electron chi connectivity index (χ1n) is 7.77. The summed E-state index contributed by atoms with van der Waals surface area (Å²) in [5, 5.41) is 14.3. The van der Waals surface area contributed by atoms with E-state index < -0.39 is 5.60 Å². The summed E-state index contributed by atoms with van der Waals surface area (Å²) in [4.78, 5) is 12.0. The number of hydrogen-bond acceptors (Lipinski definition) is 3. The van der Waals surface area contributed by atoms with Crippen LogP contribution in [-0.4, -0.2) is 40.9 Å². The summed E-state index contributed by atoms with van der Waals surface area (Å²) in [5.41, 5.74) is 0.326. The average molecular weight is 302 g/mol. The molecule has 0 aliphatic carbocycles. The molecule has 5 nitrogen and oxygen atoms in total. The molecule has 1 saturated heterocycles. The van der Waals surface area contributed by atoms with Gasteiger partial charge in [-0.1, -0.05) is 18.2 Å². The van der Waals surface area contributed by atoms with Crippen LogP contribution < -0.4 is 5.32 Å². The van der Waals surface area contributed by atoms with E-state index in [0.29, 0.717) is 45.6 Å². The first-order chi connectivity index (χ1) is 10.7. The van der Waals surface area contributed by atoms with Crippen LogP contribution in [0.5, 0.6) is 0 Å². The molecule has 1 aromatic carbocycles. The SMILES string of the molecule is O=C(CCn1ccc2ccccc21)NCC1(O)CCOCC1. The zero-order valence-electron chi connectivity index (χ0n) is 12.6. The van der Waals surface area contributed by atoms with Gasteiger partial charge in [-0.2, -0.15) is 0 Å². The number of carbonyl (C=O) groups is 1. The molecule has 1 aliphatic rings. The summed E-state index contributed by atoms with van der Waals surface area (Å²) < 4.78 is 7.31. The summed E-state index contributed by atoms with van der Waals surface area (Å²) in [7, 11) is 0. The van der Waals surface area contributed by atoms with Crippen LogP contribution in [0.25, 0.3) is 10.9 Å². The number of nitrogens with one attached hydrogen (secondary N) is 1. The molecule has 2 heterocycles. The van der Waals surface area contributed by atoms with Crippen molar-refractivity contribution in [1.82, 2.24) is 9.88 Å². The number of aliphatic hydroxyl groups is 1. The van der Waals surface area contributed by atoms with E-state index in [1.807, 2.05) is 18.3 Å². The van der Waals surface area contributed by atoms with Gasteiger partial charge in [-0.25, -0.2) is 0 Å². The molecule has 0 spiro atoms. The maximum absolute atomic E-state index is 12.0. The Bertz CT molecular complexity index is 644. The predicted octanol–water partition coefficient (Wildman–Crippen LogP) is 1.69. The van der Waals surface area contributed by atoms with Crippen LogP contribution >= 0.6 is 0 Å². The molecular formula is C17H22N2O3. The van der Waals surface area contributed by atoms with Crippen molar-refractivity contribution < 1.29 is 14.6 Å². The van der Waals surface area contributed by atoms with Gasteiger partial charge >= 0.3 is 0 Å². The molecule has 5 heteroatoms. The Morgan fingerprint density at radius 3 is 2.86 bits per heavy atom. The lowest BCUT2D eigenvalue weighted by molar-refractivity contribution is -0.124. The number of carbonyl (C=O) groups excluding carboxylic acids is 1. The van der Waals surface area contributed by atoms with Crippen molar-refractivity contribution in [2.75, 3.05) is 19.8 Å². The fourth-order valence-corrected chi connectivity index (χ4v) is 2.84. The fourth-order valence-electron chi connectivity index (χ4n) is 2.84. The monoisotopic (exact) mass is 302 g/mol. The van der Waals surface area contributed by atoms with E-state index in [-0.39, 0.29) is 5.91 Å². The summed E-state index contributed by atoms with van der Waals surface area (Å²) in [6, 6.07) is 10.2. The van der Waals surface area contributed by atoms with Crippen molar-refractivity contribution in [3.05, 3.63) is 36.5 Å². The van der Waals surface area contributed by atoms with Crippen molar-refractivity contribution >= 4 is 16.8 Å². The molecule has 1 aromatic heterocycles. The van der Waals surface area contributed by atoms with Crippen molar-refractivity contribution in [2.45, 2.75) is 31.4 Å². The lowest BCUT2D eigenvalue weighted by Crippen LogP contribution is -2.46. The standard InChI is InChI=1S/C17H22N2O3/c20-16(18-13-17(21)7-11-22-12-8-17)6-10-19-9-5-14-3-1-2-4-15(14)19/h1-5,9,21H,6-8,10-13H2,(H,18,20). The lowest BCUT2D eigenvalue weighted by Gasteiger charge is -2.32. The van der Waals surface area contributed by atoms with Gasteiger partial charge in [0.1, 0.15) is 0 Å². The summed E-state index contributed by atoms with van der Waals surface area (Å²) in [6.07, 6.45) is 3.57. The Hall–Kier alpha value is -1.85. The molecule has 0 bridgehead atoms. The van der Waals surface area contributed by atoms with Crippen LogP contribution in [-0.2, 0) is 16.1 Å². The molecule has 2 N–H and O–H groups in total. The Morgan fingerprint density at radius 1 is 1.27 bits per heavy atom. The molecular weight excluding hydrogens is 280 g/mol. The van der Waals surface area contributed by atoms with Gasteiger partial charge in [-0.3, -0.25) is 4.79 Å². The lowest BCUT2D eigenvalue weighted by atomic mass is 9.94. The predicted molar refractivity (Wildman–Crippen MR) is 84.6 cm³/mol. The Balaban J connectivity index is 1.50. The second-order valence-corrected chi connectivity index (χ2v) is 5.93. The summed E-state index contributed by atoms with van der Waals surface area (Å²) in [5.74, 6) is -0.0299. The smallest absolute Gasteiger partial charge is 0.221 e. The molecule has 0 unspecified atom stereocenters. The van der Waals surface area contributed by atoms with Gasteiger partial charge in [0, 0.05) is 57.3 Å². The third-order valence-electron chi connectivity index (χ3n) is 4.30. The number of amides is 1. The molecule has 0 radical (unpaired) electrons. The second-order valence-electron chi connectivity index (χ2n) is 5.93. The van der Waals surface area contributed by atoms with Gasteiger partial charge in [0.05, 0.1) is 5.60 Å². The van der Waals surface area contributed by atoms with Crippen molar-refractivity contribution in [2.24, 2.45) is 0 Å². The van der Waals surface area contributed by atoms with Gasteiger partial charge < -0.3 is 19.7 Å². The largest absolute Gasteiger partial charge is 0.388 e. The van der Waals surface area contributed by atoms with Crippen LogP contribution in [0.3, 0.4) is 0 Å². The van der Waals surface area contributed by atoms with E-state index in [1.165, 1.54) is 5.39 Å². The topological polar surface area (TPSA) is 63.5 Å². The van der Waals surface area contributed by atoms with Crippen molar-refractivity contribution in [3.63, 3.8) is 0 Å². The maximum atomic E-state index is 12.0. The number of rotatable bonds is 5. The average Bonchev–Trinajstić information content (AvgIpc) is 2.95. The minimum absolute atomic E-state index is 0.0299. The quantitative estimate of drug-likeness (QED) is 0.883. The number of fused-ring (bicyclic) bond motifs is 1. The molecule has 1 amide bonds. The first-order valence-corrected chi connectivity index (χ1v) is 7.77. The number of aromatic nitrogens is 1. The third-order valence-corrected chi connectivity index (χ3v) is 4.30. The highest BCUT2D eigenvalue weighted by atomic mass is 16.5. The van der Waals surface area contributed by atoms with E-state index in [0.717, 1.165) is 5.52 Å². The molecule has 2 aromatic rings. The van der Waals surface area contributed by atoms with Gasteiger partial charge in [0.2, 0.25) is 5.91 Å². The van der Waals surface area contributed by atoms with E-state index in [2.05, 4.69) is 28.1 Å². The van der Waals surface area contributed by atoms with E-state index in [1.54, 1.807) is 0 Å². The Labute approximate surface area is 129 Å². The number of nitrogens with zero attached hydrogens (tertiary/aromatic N) is 1. The Kier molecular flexibility index (Phi) is 4.45. The van der Waals surface area contributed by atoms with Crippen LogP contribution in [0.4, 0.5) is 0 Å². The molecule has 118 valence electrons. The highest BCUT2D eigenvalue weighted by molar-refractivity contribution is 5.80. The highest BCUT2D eigenvalue weighted by Gasteiger charge is 2.29. The fraction of sp³-hybridized carbons (Fsp3) is 0.471. The molecule has 22 heavy (non-hydrogen) atoms. The zero-order chi connectivity index (χ0) is 15.4. The third kappa shape index (κ3) is 3.48. The number of hydrogen-bond donors (Lipinski definition) is 2. The first kappa shape index (κ1) is 15.1. The highest BCUT2D eigenvalue weighted by Crippen LogP contribution is 2.19. The maximum Gasteiger partial charge on any atom is 0.221 e. The number of benzene rings is 1. The number of para-hydroxylation sites is 1. The van der Waals surface area contributed by atoms with E-state index >= 15 is 0 Å². The van der Waals surface area contributed by atoms with Gasteiger partial charge in [-0.15, -0.1) is 0 Å². The number of ether oxygens (including phenoxy) is 1. The summed E-state index contributed by atoms with van der Waals surface area (Å²) in [6.45, 7) is 2.06. The normalized spacial score (nSPS) is 17.5. The van der Waals surface area contributed by atoms with Crippen LogP contribution in [0.15, 0.2) is 36.5 Å². The van der Waals surface area contributed by atoms with Crippen LogP contribution in [0.2, 0.25) is 0 Å². The molecule has 0 atom stereocenters. The van der Waals surface area contributed by atoms with Gasteiger partial charge in [0.15, 0.2) is 0 Å². The van der Waals surface area contributed by atoms with Crippen LogP contribution in [0.1, 0.15) is 19.3 Å². The minimum atomic E-state index is -0.811. The van der Waals surface area contributed by atoms with Gasteiger partial charge in [-0.05, 0) is 17.5 Å². The van der Waals surface area contributed by atoms with Gasteiger partial charge in [0.25, 0.3) is 0 Å². The van der Waals surface area contributed by atoms with Crippen molar-refractivity contribution in [1.29, 1.82) is 0 Å². The molecule has 1 aliphatic heterocycles. The summed E-state index contributed by atoms with van der Waals surface area (Å²) >= 11 is 0. The van der Waals surface area contributed by atoms with E-state index in [9.17, 15) is 9.90 Å². The minimum Gasteiger partial charge on any atom is -0.388 e. The van der Waals surface area contributed by atoms with E-state index in [4.69, 9.17) is 4.74 Å². The molecule has 0 saturated carbocycles. The molecule has 1 fully saturated rings. The molecule has 3 rings (SSSR count). The Morgan fingerprint density at radius 2 is 2.05 bits per heavy atom. The van der Waals surface area contributed by atoms with Crippen molar-refractivity contribution in [3.8, 4) is 0 Å². The number of aryl methyl sites for hydroxylation is 1. The van der Waals surface area contributed by atoms with Crippen LogP contribution in [0, 0.1) is 0 Å². The zero-order valence-corrected chi connectivity index (χ0v) is 12.6.